The number of halogens is 4. The molecular weight excluding hydrogens is 355 g/mol. The third-order valence-electron chi connectivity index (χ3n) is 2.82. The molecule has 0 spiro atoms. The lowest BCUT2D eigenvalue weighted by molar-refractivity contribution is -0.137. The first-order valence-electron chi connectivity index (χ1n) is 5.83. The lowest BCUT2D eigenvalue weighted by Crippen LogP contribution is -2.04. The Morgan fingerprint density at radius 1 is 1.19 bits per heavy atom. The Labute approximate surface area is 124 Å². The Bertz CT molecular complexity index is 682. The number of hydrogen-bond acceptors (Lipinski definition) is 5. The van der Waals surface area contributed by atoms with E-state index in [0.29, 0.717) is 16.6 Å². The molecule has 3 rings (SSSR count). The molecule has 21 heavy (non-hydrogen) atoms. The molecule has 0 bridgehead atoms. The molecule has 0 saturated heterocycles. The lowest BCUT2D eigenvalue weighted by Gasteiger charge is -2.05. The maximum Gasteiger partial charge on any atom is 0.416 e. The van der Waals surface area contributed by atoms with Gasteiger partial charge in [-0.15, -0.1) is 0 Å². The summed E-state index contributed by atoms with van der Waals surface area (Å²) in [7, 11) is 0. The van der Waals surface area contributed by atoms with Crippen molar-refractivity contribution in [3.05, 3.63) is 35.7 Å². The summed E-state index contributed by atoms with van der Waals surface area (Å²) in [6, 6.07) is 4.52. The fourth-order valence-electron chi connectivity index (χ4n) is 1.77. The van der Waals surface area contributed by atoms with Crippen LogP contribution in [0.1, 0.15) is 24.0 Å². The number of aromatic nitrogens is 2. The second-order valence-corrected chi connectivity index (χ2v) is 5.21. The molecule has 0 saturated carbocycles. The molecule has 0 radical (unpaired) electrons. The van der Waals surface area contributed by atoms with Gasteiger partial charge in [0.15, 0.2) is 0 Å². The van der Waals surface area contributed by atoms with Crippen LogP contribution in [0.2, 0.25) is 0 Å². The van der Waals surface area contributed by atoms with Gasteiger partial charge in [0.2, 0.25) is 11.9 Å². The van der Waals surface area contributed by atoms with E-state index in [2.05, 4.69) is 31.2 Å². The smallest absolute Gasteiger partial charge is 0.381 e. The van der Waals surface area contributed by atoms with Crippen molar-refractivity contribution >= 4 is 20.6 Å². The quantitative estimate of drug-likeness (QED) is 0.813. The van der Waals surface area contributed by atoms with E-state index in [1.54, 1.807) is 0 Å². The zero-order valence-electron chi connectivity index (χ0n) is 10.3. The van der Waals surface area contributed by atoms with Crippen LogP contribution >= 0.6 is 15.9 Å². The number of nitrogens with zero attached hydrogens (tertiary/aromatic N) is 3. The third kappa shape index (κ3) is 2.92. The molecule has 9 heteroatoms. The van der Waals surface area contributed by atoms with Crippen LogP contribution in [-0.2, 0) is 11.0 Å². The average molecular weight is 362 g/mol. The highest BCUT2D eigenvalue weighted by Crippen LogP contribution is 2.32. The van der Waals surface area contributed by atoms with Crippen molar-refractivity contribution in [1.29, 1.82) is 0 Å². The molecule has 0 aliphatic carbocycles. The van der Waals surface area contributed by atoms with Crippen molar-refractivity contribution < 1.29 is 22.5 Å². The number of benzene rings is 1. The van der Waals surface area contributed by atoms with E-state index >= 15 is 0 Å². The SMILES string of the molecule is FC(F)(F)c1ccc(-c2noc(C3CC(Br)=NO3)n2)cc1. The van der Waals surface area contributed by atoms with E-state index in [4.69, 9.17) is 9.36 Å². The summed E-state index contributed by atoms with van der Waals surface area (Å²) in [6.07, 6.45) is -4.38. The monoisotopic (exact) mass is 361 g/mol. The van der Waals surface area contributed by atoms with Crippen LogP contribution < -0.4 is 0 Å². The molecule has 1 aliphatic heterocycles. The highest BCUT2D eigenvalue weighted by molar-refractivity contribution is 9.18. The van der Waals surface area contributed by atoms with Crippen molar-refractivity contribution in [2.75, 3.05) is 0 Å². The predicted octanol–water partition coefficient (Wildman–Crippen LogP) is 3.93. The van der Waals surface area contributed by atoms with Gasteiger partial charge >= 0.3 is 6.18 Å². The van der Waals surface area contributed by atoms with Crippen molar-refractivity contribution in [3.8, 4) is 11.4 Å². The van der Waals surface area contributed by atoms with Gasteiger partial charge in [-0.25, -0.2) is 0 Å². The van der Waals surface area contributed by atoms with Crippen LogP contribution in [0, 0.1) is 0 Å². The Morgan fingerprint density at radius 3 is 2.48 bits per heavy atom. The van der Waals surface area contributed by atoms with Crippen molar-refractivity contribution in [2.45, 2.75) is 18.7 Å². The molecule has 5 nitrogen and oxygen atoms in total. The molecule has 2 aromatic rings. The van der Waals surface area contributed by atoms with Gasteiger partial charge in [0.05, 0.1) is 5.56 Å². The third-order valence-corrected chi connectivity index (χ3v) is 3.29. The van der Waals surface area contributed by atoms with Crippen molar-refractivity contribution in [1.82, 2.24) is 10.1 Å². The van der Waals surface area contributed by atoms with Gasteiger partial charge in [0.25, 0.3) is 5.89 Å². The second kappa shape index (κ2) is 5.14. The van der Waals surface area contributed by atoms with Gasteiger partial charge in [-0.2, -0.15) is 18.2 Å². The topological polar surface area (TPSA) is 60.5 Å². The number of rotatable bonds is 2. The van der Waals surface area contributed by atoms with Crippen LogP contribution in [0.3, 0.4) is 0 Å². The molecule has 2 heterocycles. The summed E-state index contributed by atoms with van der Waals surface area (Å²) in [4.78, 5) is 9.17. The first-order valence-corrected chi connectivity index (χ1v) is 6.62. The van der Waals surface area contributed by atoms with E-state index in [1.807, 2.05) is 0 Å². The minimum atomic E-state index is -4.37. The van der Waals surface area contributed by atoms with E-state index < -0.39 is 17.8 Å². The predicted molar refractivity (Wildman–Crippen MR) is 69.5 cm³/mol. The van der Waals surface area contributed by atoms with E-state index in [9.17, 15) is 13.2 Å². The van der Waals surface area contributed by atoms with E-state index in [0.717, 1.165) is 12.1 Å². The highest BCUT2D eigenvalue weighted by Gasteiger charge is 2.30. The molecule has 0 N–H and O–H groups in total. The largest absolute Gasteiger partial charge is 0.416 e. The van der Waals surface area contributed by atoms with Gasteiger partial charge < -0.3 is 9.36 Å². The summed E-state index contributed by atoms with van der Waals surface area (Å²) in [6.45, 7) is 0. The first kappa shape index (κ1) is 14.1. The maximum absolute atomic E-state index is 12.5. The molecule has 1 unspecified atom stereocenters. The maximum atomic E-state index is 12.5. The Hall–Kier alpha value is -1.90. The minimum absolute atomic E-state index is 0.199. The minimum Gasteiger partial charge on any atom is -0.381 e. The number of hydrogen-bond donors (Lipinski definition) is 0. The van der Waals surface area contributed by atoms with Crippen LogP contribution in [0.15, 0.2) is 33.9 Å². The van der Waals surface area contributed by atoms with Gasteiger partial charge in [-0.3, -0.25) is 0 Å². The lowest BCUT2D eigenvalue weighted by atomic mass is 10.1. The molecule has 1 atom stereocenters. The fraction of sp³-hybridized carbons (Fsp3) is 0.250. The molecule has 110 valence electrons. The van der Waals surface area contributed by atoms with Gasteiger partial charge in [-0.1, -0.05) is 22.4 Å². The molecule has 1 aromatic heterocycles. The van der Waals surface area contributed by atoms with Crippen molar-refractivity contribution in [2.24, 2.45) is 5.16 Å². The van der Waals surface area contributed by atoms with Gasteiger partial charge in [0, 0.05) is 12.0 Å². The van der Waals surface area contributed by atoms with Gasteiger partial charge in [0.1, 0.15) is 4.62 Å². The summed E-state index contributed by atoms with van der Waals surface area (Å²) in [5.74, 6) is 0.424. The summed E-state index contributed by atoms with van der Waals surface area (Å²) in [5.41, 5.74) is -0.303. The first-order chi connectivity index (χ1) is 9.93. The highest BCUT2D eigenvalue weighted by atomic mass is 79.9. The van der Waals surface area contributed by atoms with Crippen LogP contribution in [0.4, 0.5) is 13.2 Å². The van der Waals surface area contributed by atoms with E-state index in [-0.39, 0.29) is 11.7 Å². The summed E-state index contributed by atoms with van der Waals surface area (Å²) in [5, 5.41) is 7.43. The number of oxime groups is 1. The zero-order valence-corrected chi connectivity index (χ0v) is 11.8. The van der Waals surface area contributed by atoms with Crippen LogP contribution in [-0.4, -0.2) is 14.8 Å². The van der Waals surface area contributed by atoms with Crippen molar-refractivity contribution in [3.63, 3.8) is 0 Å². The number of alkyl halides is 3. The fourth-order valence-corrected chi connectivity index (χ4v) is 2.15. The Kier molecular flexibility index (Phi) is 3.44. The summed E-state index contributed by atoms with van der Waals surface area (Å²) < 4.78 is 43.1. The summed E-state index contributed by atoms with van der Waals surface area (Å²) >= 11 is 3.18. The van der Waals surface area contributed by atoms with Crippen LogP contribution in [0.25, 0.3) is 11.4 Å². The van der Waals surface area contributed by atoms with Crippen LogP contribution in [0.5, 0.6) is 0 Å². The average Bonchev–Trinajstić information content (AvgIpc) is 3.06. The Morgan fingerprint density at radius 2 is 1.90 bits per heavy atom. The molecule has 0 fully saturated rings. The van der Waals surface area contributed by atoms with Gasteiger partial charge in [-0.05, 0) is 28.1 Å². The Balaban J connectivity index is 1.80. The normalized spacial score (nSPS) is 18.5. The second-order valence-electron chi connectivity index (χ2n) is 4.30. The standard InChI is InChI=1S/C12H7BrF3N3O2/c13-9-5-8(20-18-9)11-17-10(19-21-11)6-1-3-7(4-2-6)12(14,15)16/h1-4,8H,5H2. The molecule has 1 aliphatic rings. The van der Waals surface area contributed by atoms with E-state index in [1.165, 1.54) is 12.1 Å². The molecule has 0 amide bonds. The molecular formula is C12H7BrF3N3O2. The molecule has 1 aromatic carbocycles. The zero-order chi connectivity index (χ0) is 15.0.